The first kappa shape index (κ1) is 22.3. The van der Waals surface area contributed by atoms with Crippen LogP contribution >= 0.6 is 0 Å². The molecule has 2 aliphatic rings. The average molecular weight is 475 g/mol. The summed E-state index contributed by atoms with van der Waals surface area (Å²) in [4.78, 5) is 29.1. The van der Waals surface area contributed by atoms with Crippen LogP contribution in [0.3, 0.4) is 0 Å². The zero-order valence-electron chi connectivity index (χ0n) is 18.0. The number of likely N-dealkylation sites (tertiary alicyclic amines) is 2. The number of aryl methyl sites for hydroxylation is 1. The first-order valence-electron chi connectivity index (χ1n) is 10.9. The van der Waals surface area contributed by atoms with Crippen molar-refractivity contribution in [1.29, 1.82) is 0 Å². The number of carbonyl (C=O) groups excluding carboxylic acids is 2. The van der Waals surface area contributed by atoms with E-state index >= 15 is 0 Å². The van der Waals surface area contributed by atoms with Crippen molar-refractivity contribution < 1.29 is 27.2 Å². The Kier molecular flexibility index (Phi) is 5.49. The molecule has 2 atom stereocenters. The molecule has 2 saturated heterocycles. The SMILES string of the molecule is O=C(CCc1ccc(C(F)(F)F)c(F)c1)N1CC2CN(C(=O)c3ccc4n[nH]nc4c3)C[C@H]2C1. The minimum absolute atomic E-state index is 0.0819. The van der Waals surface area contributed by atoms with Crippen molar-refractivity contribution >= 4 is 22.8 Å². The second-order valence-corrected chi connectivity index (χ2v) is 8.87. The molecule has 0 radical (unpaired) electrons. The highest BCUT2D eigenvalue weighted by Crippen LogP contribution is 2.33. The van der Waals surface area contributed by atoms with E-state index < -0.39 is 17.6 Å². The van der Waals surface area contributed by atoms with Gasteiger partial charge in [-0.1, -0.05) is 6.07 Å². The number of rotatable bonds is 4. The van der Waals surface area contributed by atoms with E-state index in [0.29, 0.717) is 54.4 Å². The predicted octanol–water partition coefficient (Wildman–Crippen LogP) is 3.28. The zero-order chi connectivity index (χ0) is 24.0. The van der Waals surface area contributed by atoms with Gasteiger partial charge in [0, 0.05) is 50.0 Å². The molecule has 2 aliphatic heterocycles. The van der Waals surface area contributed by atoms with Gasteiger partial charge in [-0.3, -0.25) is 9.59 Å². The number of benzene rings is 2. The fourth-order valence-electron chi connectivity index (χ4n) is 4.87. The first-order valence-corrected chi connectivity index (χ1v) is 10.9. The standard InChI is InChI=1S/C23H21F4N5O2/c24-18-7-13(1-4-17(18)23(25,26)27)2-6-21(33)31-9-15-11-32(12-16(15)10-31)22(34)14-3-5-19-20(8-14)29-30-28-19/h1,3-5,7-8,15-16H,2,6,9-12H2,(H,28,29,30)/t15-,16?/m1/s1. The number of hydrogen-bond acceptors (Lipinski definition) is 4. The zero-order valence-corrected chi connectivity index (χ0v) is 18.0. The third kappa shape index (κ3) is 4.22. The number of amides is 2. The maximum Gasteiger partial charge on any atom is 0.419 e. The van der Waals surface area contributed by atoms with Crippen LogP contribution in [-0.4, -0.2) is 63.2 Å². The number of hydrogen-bond donors (Lipinski definition) is 1. The van der Waals surface area contributed by atoms with Gasteiger partial charge in [0.25, 0.3) is 5.91 Å². The molecule has 2 fully saturated rings. The summed E-state index contributed by atoms with van der Waals surface area (Å²) in [5, 5.41) is 10.5. The molecule has 11 heteroatoms. The van der Waals surface area contributed by atoms with Gasteiger partial charge in [0.1, 0.15) is 16.9 Å². The van der Waals surface area contributed by atoms with E-state index in [1.54, 1.807) is 28.0 Å². The quantitative estimate of drug-likeness (QED) is 0.588. The maximum absolute atomic E-state index is 13.8. The second kappa shape index (κ2) is 8.37. The molecule has 1 N–H and O–H groups in total. The van der Waals surface area contributed by atoms with E-state index in [9.17, 15) is 27.2 Å². The smallest absolute Gasteiger partial charge is 0.342 e. The fourth-order valence-corrected chi connectivity index (χ4v) is 4.87. The van der Waals surface area contributed by atoms with Crippen molar-refractivity contribution in [2.24, 2.45) is 11.8 Å². The molecule has 0 spiro atoms. The van der Waals surface area contributed by atoms with Gasteiger partial charge in [-0.05, 0) is 42.3 Å². The monoisotopic (exact) mass is 475 g/mol. The third-order valence-electron chi connectivity index (χ3n) is 6.66. The number of aromatic nitrogens is 3. The summed E-state index contributed by atoms with van der Waals surface area (Å²) in [5.41, 5.74) is 0.880. The summed E-state index contributed by atoms with van der Waals surface area (Å²) in [7, 11) is 0. The number of halogens is 4. The molecular formula is C23H21F4N5O2. The topological polar surface area (TPSA) is 82.2 Å². The molecule has 0 bridgehead atoms. The molecule has 34 heavy (non-hydrogen) atoms. The van der Waals surface area contributed by atoms with Crippen LogP contribution in [0.25, 0.3) is 11.0 Å². The molecule has 3 aromatic rings. The van der Waals surface area contributed by atoms with Gasteiger partial charge in [0.2, 0.25) is 5.91 Å². The van der Waals surface area contributed by atoms with Crippen LogP contribution in [0, 0.1) is 17.7 Å². The van der Waals surface area contributed by atoms with E-state index in [2.05, 4.69) is 15.4 Å². The number of fused-ring (bicyclic) bond motifs is 2. The van der Waals surface area contributed by atoms with Gasteiger partial charge in [0.15, 0.2) is 0 Å². The number of aromatic amines is 1. The highest BCUT2D eigenvalue weighted by atomic mass is 19.4. The van der Waals surface area contributed by atoms with Gasteiger partial charge in [-0.2, -0.15) is 28.6 Å². The lowest BCUT2D eigenvalue weighted by Crippen LogP contribution is -2.35. The molecule has 2 amide bonds. The van der Waals surface area contributed by atoms with Crippen LogP contribution < -0.4 is 0 Å². The predicted molar refractivity (Wildman–Crippen MR) is 113 cm³/mol. The second-order valence-electron chi connectivity index (χ2n) is 8.87. The van der Waals surface area contributed by atoms with E-state index in [1.165, 1.54) is 6.07 Å². The Balaban J connectivity index is 1.14. The average Bonchev–Trinajstić information content (AvgIpc) is 3.50. The summed E-state index contributed by atoms with van der Waals surface area (Å²) in [6, 6.07) is 7.93. The Hall–Kier alpha value is -3.50. The van der Waals surface area contributed by atoms with Crippen LogP contribution in [0.5, 0.6) is 0 Å². The molecule has 0 aliphatic carbocycles. The van der Waals surface area contributed by atoms with Crippen molar-refractivity contribution in [3.63, 3.8) is 0 Å². The summed E-state index contributed by atoms with van der Waals surface area (Å²) < 4.78 is 51.9. The number of alkyl halides is 3. The number of carbonyl (C=O) groups is 2. The molecule has 5 rings (SSSR count). The Morgan fingerprint density at radius 3 is 2.29 bits per heavy atom. The molecule has 7 nitrogen and oxygen atoms in total. The van der Waals surface area contributed by atoms with Gasteiger partial charge in [-0.25, -0.2) is 4.39 Å². The summed E-state index contributed by atoms with van der Waals surface area (Å²) in [5.74, 6) is -1.19. The van der Waals surface area contributed by atoms with Crippen molar-refractivity contribution in [3.05, 3.63) is 58.9 Å². The number of nitrogens with one attached hydrogen (secondary N) is 1. The highest BCUT2D eigenvalue weighted by Gasteiger charge is 2.43. The van der Waals surface area contributed by atoms with Gasteiger partial charge < -0.3 is 9.80 Å². The van der Waals surface area contributed by atoms with Gasteiger partial charge >= 0.3 is 6.18 Å². The van der Waals surface area contributed by atoms with Crippen molar-refractivity contribution in [3.8, 4) is 0 Å². The third-order valence-corrected chi connectivity index (χ3v) is 6.66. The van der Waals surface area contributed by atoms with Crippen LogP contribution in [0.1, 0.15) is 27.9 Å². The molecule has 178 valence electrons. The maximum atomic E-state index is 13.8. The molecule has 1 aromatic heterocycles. The molecule has 0 saturated carbocycles. The minimum atomic E-state index is -4.75. The van der Waals surface area contributed by atoms with E-state index in [-0.39, 0.29) is 36.5 Å². The summed E-state index contributed by atoms with van der Waals surface area (Å²) in [6.45, 7) is 2.15. The molecular weight excluding hydrogens is 454 g/mol. The Bertz CT molecular complexity index is 1240. The van der Waals surface area contributed by atoms with Crippen LogP contribution in [-0.2, 0) is 17.4 Å². The lowest BCUT2D eigenvalue weighted by molar-refractivity contribution is -0.140. The van der Waals surface area contributed by atoms with Gasteiger partial charge in [-0.15, -0.1) is 0 Å². The van der Waals surface area contributed by atoms with E-state index in [0.717, 1.165) is 6.07 Å². The highest BCUT2D eigenvalue weighted by molar-refractivity contribution is 5.97. The Morgan fingerprint density at radius 2 is 1.62 bits per heavy atom. The van der Waals surface area contributed by atoms with Crippen molar-refractivity contribution in [2.45, 2.75) is 19.0 Å². The number of nitrogens with zero attached hydrogens (tertiary/aromatic N) is 4. The fraction of sp³-hybridized carbons (Fsp3) is 0.391. The minimum Gasteiger partial charge on any atom is -0.342 e. The molecule has 1 unspecified atom stereocenters. The Labute approximate surface area is 191 Å². The Morgan fingerprint density at radius 1 is 0.941 bits per heavy atom. The van der Waals surface area contributed by atoms with Crippen LogP contribution in [0.15, 0.2) is 36.4 Å². The molecule has 3 heterocycles. The number of H-pyrrole nitrogens is 1. The van der Waals surface area contributed by atoms with Crippen LogP contribution in [0.2, 0.25) is 0 Å². The normalized spacial score (nSPS) is 20.2. The first-order chi connectivity index (χ1) is 16.2. The largest absolute Gasteiger partial charge is 0.419 e. The lowest BCUT2D eigenvalue weighted by Gasteiger charge is -2.22. The van der Waals surface area contributed by atoms with Crippen molar-refractivity contribution in [2.75, 3.05) is 26.2 Å². The summed E-state index contributed by atoms with van der Waals surface area (Å²) >= 11 is 0. The lowest BCUT2D eigenvalue weighted by atomic mass is 10.0. The van der Waals surface area contributed by atoms with E-state index in [4.69, 9.17) is 0 Å². The summed E-state index contributed by atoms with van der Waals surface area (Å²) in [6.07, 6.45) is -4.50. The van der Waals surface area contributed by atoms with E-state index in [1.807, 2.05) is 0 Å². The van der Waals surface area contributed by atoms with Crippen LogP contribution in [0.4, 0.5) is 17.6 Å². The van der Waals surface area contributed by atoms with Gasteiger partial charge in [0.05, 0.1) is 5.56 Å². The van der Waals surface area contributed by atoms with Crippen molar-refractivity contribution in [1.82, 2.24) is 25.2 Å². The molecule has 2 aromatic carbocycles.